The predicted molar refractivity (Wildman–Crippen MR) is 84.0 cm³/mol. The van der Waals surface area contributed by atoms with Crippen molar-refractivity contribution in [3.05, 3.63) is 52.1 Å². The summed E-state index contributed by atoms with van der Waals surface area (Å²) in [5, 5.41) is 3.26. The van der Waals surface area contributed by atoms with Crippen LogP contribution in [0.3, 0.4) is 0 Å². The van der Waals surface area contributed by atoms with E-state index in [0.717, 1.165) is 11.3 Å². The lowest BCUT2D eigenvalue weighted by atomic mass is 10.1. The summed E-state index contributed by atoms with van der Waals surface area (Å²) in [5.74, 6) is 2.27. The van der Waals surface area contributed by atoms with Gasteiger partial charge in [0.15, 0.2) is 0 Å². The van der Waals surface area contributed by atoms with Crippen LogP contribution in [0.5, 0.6) is 5.75 Å². The molecule has 0 aliphatic rings. The lowest BCUT2D eigenvalue weighted by Gasteiger charge is -2.16. The van der Waals surface area contributed by atoms with Crippen molar-refractivity contribution in [3.63, 3.8) is 0 Å². The molecule has 1 aromatic heterocycles. The highest BCUT2D eigenvalue weighted by molar-refractivity contribution is 5.39. The van der Waals surface area contributed by atoms with Crippen molar-refractivity contribution in [1.29, 1.82) is 0 Å². The second kappa shape index (κ2) is 6.43. The van der Waals surface area contributed by atoms with E-state index < -0.39 is 0 Å². The summed E-state index contributed by atoms with van der Waals surface area (Å²) >= 11 is 0. The van der Waals surface area contributed by atoms with Gasteiger partial charge in [-0.2, -0.15) is 0 Å². The van der Waals surface area contributed by atoms with Gasteiger partial charge in [0.2, 0.25) is 0 Å². The minimum absolute atomic E-state index is 0.0465. The molecular weight excluding hydrogens is 266 g/mol. The van der Waals surface area contributed by atoms with E-state index >= 15 is 0 Å². The number of aromatic amines is 1. The molecule has 112 valence electrons. The Balaban J connectivity index is 2.18. The second-order valence-electron chi connectivity index (χ2n) is 5.31. The van der Waals surface area contributed by atoms with Crippen LogP contribution in [-0.2, 0) is 0 Å². The SMILES string of the molecule is COc1ccc(C(C)Nc2cc(=O)[nH]c(C(C)C)n2)cc1. The number of nitrogens with one attached hydrogen (secondary N) is 2. The van der Waals surface area contributed by atoms with E-state index in [9.17, 15) is 4.79 Å². The zero-order valence-electron chi connectivity index (χ0n) is 12.8. The summed E-state index contributed by atoms with van der Waals surface area (Å²) in [7, 11) is 1.64. The van der Waals surface area contributed by atoms with Gasteiger partial charge in [-0.3, -0.25) is 4.79 Å². The summed E-state index contributed by atoms with van der Waals surface area (Å²) in [6, 6.07) is 9.34. The Hall–Kier alpha value is -2.30. The monoisotopic (exact) mass is 287 g/mol. The largest absolute Gasteiger partial charge is 0.497 e. The summed E-state index contributed by atoms with van der Waals surface area (Å²) in [4.78, 5) is 18.9. The van der Waals surface area contributed by atoms with Gasteiger partial charge < -0.3 is 15.0 Å². The van der Waals surface area contributed by atoms with Gasteiger partial charge >= 0.3 is 0 Å². The molecule has 1 heterocycles. The highest BCUT2D eigenvalue weighted by atomic mass is 16.5. The van der Waals surface area contributed by atoms with Crippen LogP contribution in [0.4, 0.5) is 5.82 Å². The van der Waals surface area contributed by atoms with Crippen molar-refractivity contribution in [2.75, 3.05) is 12.4 Å². The van der Waals surface area contributed by atoms with E-state index in [-0.39, 0.29) is 17.5 Å². The Kier molecular flexibility index (Phi) is 4.62. The van der Waals surface area contributed by atoms with E-state index in [2.05, 4.69) is 15.3 Å². The van der Waals surface area contributed by atoms with Crippen LogP contribution >= 0.6 is 0 Å². The number of hydrogen-bond acceptors (Lipinski definition) is 4. The minimum atomic E-state index is -0.141. The number of anilines is 1. The fourth-order valence-electron chi connectivity index (χ4n) is 2.02. The number of methoxy groups -OCH3 is 1. The van der Waals surface area contributed by atoms with Gasteiger partial charge in [-0.15, -0.1) is 0 Å². The lowest BCUT2D eigenvalue weighted by molar-refractivity contribution is 0.414. The quantitative estimate of drug-likeness (QED) is 0.887. The van der Waals surface area contributed by atoms with Crippen molar-refractivity contribution in [2.45, 2.75) is 32.7 Å². The number of ether oxygens (including phenoxy) is 1. The third kappa shape index (κ3) is 3.84. The van der Waals surface area contributed by atoms with Crippen LogP contribution in [0.2, 0.25) is 0 Å². The molecule has 5 nitrogen and oxygen atoms in total. The molecule has 5 heteroatoms. The molecule has 0 saturated heterocycles. The van der Waals surface area contributed by atoms with Crippen LogP contribution in [-0.4, -0.2) is 17.1 Å². The van der Waals surface area contributed by atoms with Gasteiger partial charge in [-0.05, 0) is 24.6 Å². The van der Waals surface area contributed by atoms with Crippen molar-refractivity contribution in [1.82, 2.24) is 9.97 Å². The fourth-order valence-corrected chi connectivity index (χ4v) is 2.02. The zero-order valence-corrected chi connectivity index (χ0v) is 12.8. The molecule has 21 heavy (non-hydrogen) atoms. The number of aromatic nitrogens is 2. The highest BCUT2D eigenvalue weighted by Gasteiger charge is 2.09. The first kappa shape index (κ1) is 15.1. The van der Waals surface area contributed by atoms with Gasteiger partial charge in [0.1, 0.15) is 17.4 Å². The van der Waals surface area contributed by atoms with E-state index in [4.69, 9.17) is 4.74 Å². The van der Waals surface area contributed by atoms with Crippen LogP contribution in [0, 0.1) is 0 Å². The average Bonchev–Trinajstić information content (AvgIpc) is 2.46. The third-order valence-electron chi connectivity index (χ3n) is 3.29. The van der Waals surface area contributed by atoms with E-state index in [1.54, 1.807) is 7.11 Å². The molecule has 1 unspecified atom stereocenters. The normalized spacial score (nSPS) is 12.2. The van der Waals surface area contributed by atoms with Crippen LogP contribution in [0.1, 0.15) is 44.1 Å². The van der Waals surface area contributed by atoms with Crippen LogP contribution in [0.15, 0.2) is 35.1 Å². The first-order valence-electron chi connectivity index (χ1n) is 7.01. The molecular formula is C16H21N3O2. The van der Waals surface area contributed by atoms with Gasteiger partial charge in [0.25, 0.3) is 5.56 Å². The molecule has 2 rings (SSSR count). The summed E-state index contributed by atoms with van der Waals surface area (Å²) in [6.45, 7) is 6.02. The van der Waals surface area contributed by atoms with Crippen molar-refractivity contribution in [2.24, 2.45) is 0 Å². The number of hydrogen-bond donors (Lipinski definition) is 2. The highest BCUT2D eigenvalue weighted by Crippen LogP contribution is 2.20. The average molecular weight is 287 g/mol. The number of H-pyrrole nitrogens is 1. The van der Waals surface area contributed by atoms with E-state index in [1.807, 2.05) is 45.0 Å². The molecule has 0 fully saturated rings. The molecule has 2 N–H and O–H groups in total. The summed E-state index contributed by atoms with van der Waals surface area (Å²) < 4.78 is 5.15. The predicted octanol–water partition coefficient (Wildman–Crippen LogP) is 3.08. The minimum Gasteiger partial charge on any atom is -0.497 e. The van der Waals surface area contributed by atoms with Gasteiger partial charge in [0, 0.05) is 18.0 Å². The maximum Gasteiger partial charge on any atom is 0.252 e. The molecule has 1 aromatic carbocycles. The topological polar surface area (TPSA) is 67.0 Å². The summed E-state index contributed by atoms with van der Waals surface area (Å²) in [5.41, 5.74) is 0.960. The molecule has 1 atom stereocenters. The molecule has 0 spiro atoms. The number of rotatable bonds is 5. The Morgan fingerprint density at radius 1 is 1.19 bits per heavy atom. The molecule has 0 saturated carbocycles. The second-order valence-corrected chi connectivity index (χ2v) is 5.31. The van der Waals surface area contributed by atoms with E-state index in [0.29, 0.717) is 11.6 Å². The smallest absolute Gasteiger partial charge is 0.252 e. The standard InChI is InChI=1S/C16H21N3O2/c1-10(2)16-18-14(9-15(20)19-16)17-11(3)12-5-7-13(21-4)8-6-12/h5-11H,1-4H3,(H2,17,18,19,20). The first-order chi connectivity index (χ1) is 9.99. The third-order valence-corrected chi connectivity index (χ3v) is 3.29. The zero-order chi connectivity index (χ0) is 15.4. The fraction of sp³-hybridized carbons (Fsp3) is 0.375. The van der Waals surface area contributed by atoms with Crippen LogP contribution in [0.25, 0.3) is 0 Å². The van der Waals surface area contributed by atoms with Gasteiger partial charge in [-0.25, -0.2) is 4.98 Å². The Morgan fingerprint density at radius 2 is 1.86 bits per heavy atom. The number of nitrogens with zero attached hydrogens (tertiary/aromatic N) is 1. The summed E-state index contributed by atoms with van der Waals surface area (Å²) in [6.07, 6.45) is 0. The number of benzene rings is 1. The van der Waals surface area contributed by atoms with Crippen molar-refractivity contribution in [3.8, 4) is 5.75 Å². The van der Waals surface area contributed by atoms with Gasteiger partial charge in [0.05, 0.1) is 7.11 Å². The maximum absolute atomic E-state index is 11.7. The van der Waals surface area contributed by atoms with E-state index in [1.165, 1.54) is 6.07 Å². The van der Waals surface area contributed by atoms with Gasteiger partial charge in [-0.1, -0.05) is 26.0 Å². The Morgan fingerprint density at radius 3 is 2.43 bits per heavy atom. The Labute approximate surface area is 124 Å². The lowest BCUT2D eigenvalue weighted by Crippen LogP contribution is -2.16. The van der Waals surface area contributed by atoms with Crippen LogP contribution < -0.4 is 15.6 Å². The van der Waals surface area contributed by atoms with Crippen molar-refractivity contribution < 1.29 is 4.74 Å². The Bertz CT molecular complexity index is 647. The maximum atomic E-state index is 11.7. The molecule has 0 bridgehead atoms. The molecule has 0 aliphatic heterocycles. The molecule has 0 amide bonds. The van der Waals surface area contributed by atoms with Crippen molar-refractivity contribution >= 4 is 5.82 Å². The molecule has 0 aliphatic carbocycles. The molecule has 2 aromatic rings. The molecule has 0 radical (unpaired) electrons. The first-order valence-corrected chi connectivity index (χ1v) is 7.01.